The summed E-state index contributed by atoms with van der Waals surface area (Å²) >= 11 is 0. The first kappa shape index (κ1) is 7.06. The first-order valence-electron chi connectivity index (χ1n) is 3.37. The molecule has 1 aliphatic rings. The fraction of sp³-hybridized carbons (Fsp3) is 0.375. The Hall–Kier alpha value is -1.05. The number of hydrogen-bond donors (Lipinski definition) is 0. The van der Waals surface area contributed by atoms with Gasteiger partial charge in [0.1, 0.15) is 5.84 Å². The van der Waals surface area contributed by atoms with Gasteiger partial charge in [-0.2, -0.15) is 0 Å². The Morgan fingerprint density at radius 1 is 1.40 bits per heavy atom. The van der Waals surface area contributed by atoms with Gasteiger partial charge in [-0.05, 0) is 12.5 Å². The second-order valence-corrected chi connectivity index (χ2v) is 2.40. The number of amidine groups is 1. The van der Waals surface area contributed by atoms with Crippen LogP contribution in [-0.4, -0.2) is 24.8 Å². The summed E-state index contributed by atoms with van der Waals surface area (Å²) in [5, 5.41) is 0. The quantitative estimate of drug-likeness (QED) is 0.491. The van der Waals surface area contributed by atoms with E-state index in [2.05, 4.69) is 11.1 Å². The van der Waals surface area contributed by atoms with Crippen molar-refractivity contribution in [3.63, 3.8) is 0 Å². The molecule has 2 nitrogen and oxygen atoms in total. The maximum absolute atomic E-state index is 4.20. The van der Waals surface area contributed by atoms with Crippen molar-refractivity contribution in [1.82, 2.24) is 4.90 Å². The Balaban J connectivity index is 2.73. The lowest BCUT2D eigenvalue weighted by Crippen LogP contribution is -2.18. The van der Waals surface area contributed by atoms with Crippen molar-refractivity contribution in [2.45, 2.75) is 6.42 Å². The summed E-state index contributed by atoms with van der Waals surface area (Å²) in [5.41, 5.74) is 0. The van der Waals surface area contributed by atoms with Gasteiger partial charge < -0.3 is 4.90 Å². The molecule has 1 heterocycles. The van der Waals surface area contributed by atoms with E-state index in [9.17, 15) is 0 Å². The number of allylic oxidation sites excluding steroid dienone is 2. The third-order valence-electron chi connectivity index (χ3n) is 1.31. The Labute approximate surface area is 61.6 Å². The molecule has 0 bridgehead atoms. The highest BCUT2D eigenvalue weighted by atomic mass is 15.1. The summed E-state index contributed by atoms with van der Waals surface area (Å²) in [5.74, 6) is 1.01. The first-order valence-corrected chi connectivity index (χ1v) is 3.37. The van der Waals surface area contributed by atoms with Crippen molar-refractivity contribution >= 4 is 5.84 Å². The van der Waals surface area contributed by atoms with Crippen molar-refractivity contribution in [3.8, 4) is 0 Å². The fourth-order valence-corrected chi connectivity index (χ4v) is 0.750. The summed E-state index contributed by atoms with van der Waals surface area (Å²) in [7, 11) is 3.98. The Morgan fingerprint density at radius 3 is 2.90 bits per heavy atom. The zero-order valence-electron chi connectivity index (χ0n) is 6.41. The molecule has 0 aromatic carbocycles. The zero-order valence-corrected chi connectivity index (χ0v) is 6.41. The van der Waals surface area contributed by atoms with Gasteiger partial charge in [-0.1, -0.05) is 12.2 Å². The van der Waals surface area contributed by atoms with Crippen molar-refractivity contribution in [2.75, 3.05) is 14.1 Å². The summed E-state index contributed by atoms with van der Waals surface area (Å²) < 4.78 is 0. The average molecular weight is 136 g/mol. The van der Waals surface area contributed by atoms with Crippen LogP contribution in [0.2, 0.25) is 0 Å². The van der Waals surface area contributed by atoms with Gasteiger partial charge in [0.15, 0.2) is 0 Å². The van der Waals surface area contributed by atoms with Gasteiger partial charge in [-0.3, -0.25) is 0 Å². The van der Waals surface area contributed by atoms with Crippen molar-refractivity contribution < 1.29 is 0 Å². The second-order valence-electron chi connectivity index (χ2n) is 2.40. The number of likely N-dealkylation sites (N-methyl/N-ethyl adjacent to an activating group) is 1. The zero-order chi connectivity index (χ0) is 7.40. The molecule has 1 rings (SSSR count). The van der Waals surface area contributed by atoms with Crippen LogP contribution in [0.1, 0.15) is 6.42 Å². The minimum Gasteiger partial charge on any atom is -0.363 e. The second kappa shape index (κ2) is 3.20. The Kier molecular flexibility index (Phi) is 2.26. The highest BCUT2D eigenvalue weighted by Crippen LogP contribution is 1.96. The maximum Gasteiger partial charge on any atom is 0.127 e. The van der Waals surface area contributed by atoms with Crippen molar-refractivity contribution in [3.05, 3.63) is 24.4 Å². The largest absolute Gasteiger partial charge is 0.363 e. The van der Waals surface area contributed by atoms with Crippen LogP contribution in [0.25, 0.3) is 0 Å². The van der Waals surface area contributed by atoms with E-state index < -0.39 is 0 Å². The van der Waals surface area contributed by atoms with E-state index in [0.29, 0.717) is 0 Å². The molecule has 0 radical (unpaired) electrons. The number of hydrogen-bond acceptors (Lipinski definition) is 2. The van der Waals surface area contributed by atoms with Crippen LogP contribution >= 0.6 is 0 Å². The molecule has 0 fully saturated rings. The van der Waals surface area contributed by atoms with E-state index in [1.54, 1.807) is 0 Å². The van der Waals surface area contributed by atoms with Crippen LogP contribution in [0.5, 0.6) is 0 Å². The van der Waals surface area contributed by atoms with Gasteiger partial charge in [-0.15, -0.1) is 0 Å². The lowest BCUT2D eigenvalue weighted by molar-refractivity contribution is 0.626. The van der Waals surface area contributed by atoms with E-state index in [1.807, 2.05) is 37.3 Å². The number of nitrogens with zero attached hydrogens (tertiary/aromatic N) is 2. The predicted octanol–water partition coefficient (Wildman–Crippen LogP) is 1.42. The third-order valence-corrected chi connectivity index (χ3v) is 1.31. The molecule has 0 N–H and O–H groups in total. The van der Waals surface area contributed by atoms with E-state index in [4.69, 9.17) is 0 Å². The number of rotatable bonds is 0. The molecule has 0 saturated carbocycles. The average Bonchev–Trinajstić information content (AvgIpc) is 2.12. The van der Waals surface area contributed by atoms with E-state index in [-0.39, 0.29) is 0 Å². The molecule has 54 valence electrons. The van der Waals surface area contributed by atoms with Crippen LogP contribution in [0.4, 0.5) is 0 Å². The van der Waals surface area contributed by atoms with Gasteiger partial charge >= 0.3 is 0 Å². The standard InChI is InChI=1S/C8H12N2/c1-10(2)8-6-4-3-5-7-9-8/h4-7H,3H2,1-2H3. The summed E-state index contributed by atoms with van der Waals surface area (Å²) in [6, 6.07) is 0. The van der Waals surface area contributed by atoms with Gasteiger partial charge in [-0.25, -0.2) is 4.99 Å². The summed E-state index contributed by atoms with van der Waals surface area (Å²) in [6.07, 6.45) is 8.99. The van der Waals surface area contributed by atoms with Gasteiger partial charge in [0.2, 0.25) is 0 Å². The van der Waals surface area contributed by atoms with E-state index >= 15 is 0 Å². The fourth-order valence-electron chi connectivity index (χ4n) is 0.750. The Bertz CT molecular complexity index is 187. The maximum atomic E-state index is 4.20. The van der Waals surface area contributed by atoms with Crippen LogP contribution in [0, 0.1) is 0 Å². The van der Waals surface area contributed by atoms with Crippen LogP contribution in [0.3, 0.4) is 0 Å². The Morgan fingerprint density at radius 2 is 2.20 bits per heavy atom. The molecule has 0 saturated heterocycles. The molecule has 0 spiro atoms. The lowest BCUT2D eigenvalue weighted by Gasteiger charge is -2.09. The molecule has 1 aliphatic heterocycles. The van der Waals surface area contributed by atoms with Crippen LogP contribution in [-0.2, 0) is 0 Å². The summed E-state index contributed by atoms with van der Waals surface area (Å²) in [4.78, 5) is 6.19. The summed E-state index contributed by atoms with van der Waals surface area (Å²) in [6.45, 7) is 0. The highest BCUT2D eigenvalue weighted by molar-refractivity contribution is 5.93. The first-order chi connectivity index (χ1) is 4.80. The van der Waals surface area contributed by atoms with Crippen molar-refractivity contribution in [1.29, 1.82) is 0 Å². The van der Waals surface area contributed by atoms with E-state index in [1.165, 1.54) is 0 Å². The minimum absolute atomic E-state index is 0.987. The molecule has 0 amide bonds. The molecular weight excluding hydrogens is 124 g/mol. The predicted molar refractivity (Wildman–Crippen MR) is 44.0 cm³/mol. The van der Waals surface area contributed by atoms with Crippen LogP contribution < -0.4 is 0 Å². The molecule has 0 aromatic heterocycles. The lowest BCUT2D eigenvalue weighted by atomic mass is 10.3. The molecular formula is C8H12N2. The molecule has 0 aliphatic carbocycles. The minimum atomic E-state index is 0.987. The van der Waals surface area contributed by atoms with Crippen LogP contribution in [0.15, 0.2) is 29.4 Å². The third kappa shape index (κ3) is 1.72. The van der Waals surface area contributed by atoms with Gasteiger partial charge in [0.25, 0.3) is 0 Å². The molecule has 0 unspecified atom stereocenters. The van der Waals surface area contributed by atoms with E-state index in [0.717, 1.165) is 12.3 Å². The smallest absolute Gasteiger partial charge is 0.127 e. The normalized spacial score (nSPS) is 16.4. The van der Waals surface area contributed by atoms with Gasteiger partial charge in [0, 0.05) is 20.3 Å². The molecule has 0 aromatic rings. The number of aliphatic imine (C=N–C) groups is 1. The molecule has 2 heteroatoms. The highest BCUT2D eigenvalue weighted by Gasteiger charge is 1.94. The monoisotopic (exact) mass is 136 g/mol. The van der Waals surface area contributed by atoms with Crippen molar-refractivity contribution in [2.24, 2.45) is 4.99 Å². The molecule has 0 atom stereocenters. The molecule has 10 heavy (non-hydrogen) atoms. The SMILES string of the molecule is CN(C)C1=NC=CCC=C1. The van der Waals surface area contributed by atoms with Gasteiger partial charge in [0.05, 0.1) is 0 Å². The topological polar surface area (TPSA) is 15.6 Å².